The molecule has 0 bridgehead atoms. The van der Waals surface area contributed by atoms with E-state index in [1.165, 1.54) is 6.08 Å². The van der Waals surface area contributed by atoms with E-state index in [1.54, 1.807) is 12.3 Å². The Morgan fingerprint density at radius 1 is 1.00 bits per heavy atom. The monoisotopic (exact) mass is 554 g/mol. The highest BCUT2D eigenvalue weighted by molar-refractivity contribution is 6.34. The van der Waals surface area contributed by atoms with E-state index in [4.69, 9.17) is 26.2 Å². The molecule has 3 aromatic rings. The second-order valence-corrected chi connectivity index (χ2v) is 9.61. The Bertz CT molecular complexity index is 1270. The Labute approximate surface area is 233 Å². The number of aromatic nitrogens is 1. The minimum atomic E-state index is -0.747. The van der Waals surface area contributed by atoms with Crippen LogP contribution in [0, 0.1) is 0 Å². The lowest BCUT2D eigenvalue weighted by Gasteiger charge is -2.10. The van der Waals surface area contributed by atoms with Gasteiger partial charge in [0.15, 0.2) is 0 Å². The van der Waals surface area contributed by atoms with Crippen molar-refractivity contribution in [3.63, 3.8) is 0 Å². The smallest absolute Gasteiger partial charge is 0.340 e. The van der Waals surface area contributed by atoms with Gasteiger partial charge in [0.05, 0.1) is 17.1 Å². The number of unbranched alkanes of at least 4 members (excludes halogenated alkanes) is 5. The van der Waals surface area contributed by atoms with Crippen molar-refractivity contribution in [2.75, 3.05) is 19.8 Å². The van der Waals surface area contributed by atoms with Crippen LogP contribution >= 0.6 is 11.6 Å². The highest BCUT2D eigenvalue weighted by Crippen LogP contribution is 2.34. The van der Waals surface area contributed by atoms with Crippen LogP contribution in [0.1, 0.15) is 61.7 Å². The highest BCUT2D eigenvalue weighted by atomic mass is 35.5. The Morgan fingerprint density at radius 2 is 1.69 bits per heavy atom. The first kappa shape index (κ1) is 29.8. The van der Waals surface area contributed by atoms with E-state index in [-0.39, 0.29) is 18.9 Å². The van der Waals surface area contributed by atoms with Crippen LogP contribution in [-0.2, 0) is 14.3 Å². The summed E-state index contributed by atoms with van der Waals surface area (Å²) in [6.07, 6.45) is 9.26. The van der Waals surface area contributed by atoms with Crippen molar-refractivity contribution in [2.45, 2.75) is 51.4 Å². The number of carbonyl (C=O) groups excluding carboxylic acids is 2. The molecule has 8 nitrogen and oxygen atoms in total. The van der Waals surface area contributed by atoms with Gasteiger partial charge in [0.1, 0.15) is 19.0 Å². The molecule has 3 rings (SSSR count). The Balaban J connectivity index is 1.41. The number of carbonyl (C=O) groups is 3. The topological polar surface area (TPSA) is 118 Å². The maximum absolute atomic E-state index is 12.4. The first-order chi connectivity index (χ1) is 18.9. The van der Waals surface area contributed by atoms with Gasteiger partial charge in [-0.15, -0.1) is 0 Å². The number of hydrogen-bond donors (Lipinski definition) is 3. The van der Waals surface area contributed by atoms with E-state index >= 15 is 0 Å². The minimum Gasteiger partial charge on any atom is -0.492 e. The number of aliphatic carboxylic acids is 1. The van der Waals surface area contributed by atoms with Crippen LogP contribution in [0.4, 0.5) is 0 Å². The van der Waals surface area contributed by atoms with Crippen molar-refractivity contribution in [2.24, 2.45) is 0 Å². The van der Waals surface area contributed by atoms with Crippen LogP contribution < -0.4 is 10.1 Å². The third kappa shape index (κ3) is 9.48. The number of carboxylic acids is 1. The molecule has 1 heterocycles. The summed E-state index contributed by atoms with van der Waals surface area (Å²) in [6, 6.07) is 11.1. The Kier molecular flexibility index (Phi) is 11.9. The van der Waals surface area contributed by atoms with Crippen LogP contribution in [0.3, 0.4) is 0 Å². The molecule has 2 aromatic carbocycles. The lowest BCUT2D eigenvalue weighted by molar-refractivity contribution is -0.137. The molecule has 0 saturated heterocycles. The molecule has 0 saturated carbocycles. The third-order valence-electron chi connectivity index (χ3n) is 6.22. The number of nitrogens with one attached hydrogen (secondary N) is 2. The van der Waals surface area contributed by atoms with Gasteiger partial charge >= 0.3 is 11.9 Å². The van der Waals surface area contributed by atoms with Gasteiger partial charge in [-0.1, -0.05) is 62.1 Å². The molecular weight excluding hydrogens is 520 g/mol. The highest BCUT2D eigenvalue weighted by Gasteiger charge is 2.16. The third-order valence-corrected chi connectivity index (χ3v) is 6.54. The molecule has 9 heteroatoms. The second kappa shape index (κ2) is 15.6. The molecule has 39 heavy (non-hydrogen) atoms. The fraction of sp³-hybridized carbons (Fsp3) is 0.367. The number of benzene rings is 2. The summed E-state index contributed by atoms with van der Waals surface area (Å²) in [7, 11) is 0. The largest absolute Gasteiger partial charge is 0.492 e. The lowest BCUT2D eigenvalue weighted by Crippen LogP contribution is -2.27. The average Bonchev–Trinajstić information content (AvgIpc) is 3.33. The SMILES string of the molecule is C=CCOC(=O)c1c[nH]c2cc(Cl)c(-c3ccc(OCCNC(=O)CCCCCCCCC(=O)O)cc3)cc12. The summed E-state index contributed by atoms with van der Waals surface area (Å²) >= 11 is 6.53. The summed E-state index contributed by atoms with van der Waals surface area (Å²) in [5.74, 6) is -0.510. The Hall–Kier alpha value is -3.78. The number of H-pyrrole nitrogens is 1. The zero-order valence-electron chi connectivity index (χ0n) is 22.0. The molecule has 0 fully saturated rings. The van der Waals surface area contributed by atoms with Gasteiger partial charge in [-0.05, 0) is 42.7 Å². The number of esters is 1. The number of amides is 1. The normalized spacial score (nSPS) is 10.8. The first-order valence-electron chi connectivity index (χ1n) is 13.2. The van der Waals surface area contributed by atoms with Crippen LogP contribution in [-0.4, -0.2) is 47.7 Å². The van der Waals surface area contributed by atoms with Crippen LogP contribution in [0.15, 0.2) is 55.3 Å². The van der Waals surface area contributed by atoms with Gasteiger partial charge < -0.3 is 24.9 Å². The number of carboxylic acid groups (broad SMARTS) is 1. The van der Waals surface area contributed by atoms with Crippen molar-refractivity contribution in [3.8, 4) is 16.9 Å². The van der Waals surface area contributed by atoms with Gasteiger partial charge in [-0.25, -0.2) is 4.79 Å². The van der Waals surface area contributed by atoms with Crippen molar-refractivity contribution >= 4 is 40.3 Å². The number of rotatable bonds is 17. The van der Waals surface area contributed by atoms with Crippen molar-refractivity contribution < 1.29 is 29.0 Å². The Morgan fingerprint density at radius 3 is 2.38 bits per heavy atom. The predicted octanol–water partition coefficient (Wildman–Crippen LogP) is 6.53. The lowest BCUT2D eigenvalue weighted by atomic mass is 10.0. The van der Waals surface area contributed by atoms with Gasteiger partial charge in [-0.2, -0.15) is 0 Å². The van der Waals surface area contributed by atoms with Crippen molar-refractivity contribution in [3.05, 3.63) is 65.8 Å². The molecule has 0 aliphatic carbocycles. The van der Waals surface area contributed by atoms with Crippen LogP contribution in [0.25, 0.3) is 22.0 Å². The van der Waals surface area contributed by atoms with Gasteiger partial charge in [0, 0.05) is 35.5 Å². The molecule has 0 aliphatic rings. The van der Waals surface area contributed by atoms with E-state index in [0.717, 1.165) is 54.1 Å². The number of fused-ring (bicyclic) bond motifs is 1. The van der Waals surface area contributed by atoms with E-state index in [0.29, 0.717) is 42.3 Å². The number of hydrogen-bond acceptors (Lipinski definition) is 5. The van der Waals surface area contributed by atoms with Gasteiger partial charge in [-0.3, -0.25) is 9.59 Å². The quantitative estimate of drug-likeness (QED) is 0.0991. The van der Waals surface area contributed by atoms with Crippen LogP contribution in [0.2, 0.25) is 5.02 Å². The maximum atomic E-state index is 12.4. The summed E-state index contributed by atoms with van der Waals surface area (Å²) in [5, 5.41) is 12.8. The standard InChI is InChI=1S/C30H35ClN2O6/c1-2-16-39-30(37)25-20-33-27-19-26(31)23(18-24(25)27)21-11-13-22(14-12-21)38-17-15-32-28(34)9-7-5-3-4-6-8-10-29(35)36/h2,11-14,18-20,33H,1,3-10,15-17H2,(H,32,34)(H,35,36). The van der Waals surface area contributed by atoms with E-state index in [1.807, 2.05) is 30.3 Å². The predicted molar refractivity (Wildman–Crippen MR) is 152 cm³/mol. The molecule has 0 unspecified atom stereocenters. The zero-order chi connectivity index (χ0) is 28.0. The molecular formula is C30H35ClN2O6. The summed E-state index contributed by atoms with van der Waals surface area (Å²) in [6.45, 7) is 4.46. The van der Waals surface area contributed by atoms with Crippen molar-refractivity contribution in [1.29, 1.82) is 0 Å². The zero-order valence-corrected chi connectivity index (χ0v) is 22.7. The molecule has 1 amide bonds. The number of aromatic amines is 1. The molecule has 0 radical (unpaired) electrons. The maximum Gasteiger partial charge on any atom is 0.340 e. The molecule has 0 spiro atoms. The van der Waals surface area contributed by atoms with Crippen molar-refractivity contribution in [1.82, 2.24) is 10.3 Å². The number of halogens is 1. The summed E-state index contributed by atoms with van der Waals surface area (Å²) in [5.41, 5.74) is 2.82. The summed E-state index contributed by atoms with van der Waals surface area (Å²) < 4.78 is 10.9. The van der Waals surface area contributed by atoms with Gasteiger partial charge in [0.25, 0.3) is 0 Å². The number of ether oxygens (including phenoxy) is 2. The molecule has 3 N–H and O–H groups in total. The molecule has 1 aromatic heterocycles. The van der Waals surface area contributed by atoms with Gasteiger partial charge in [0.2, 0.25) is 5.91 Å². The van der Waals surface area contributed by atoms with Crippen LogP contribution in [0.5, 0.6) is 5.75 Å². The van der Waals surface area contributed by atoms with E-state index < -0.39 is 11.9 Å². The second-order valence-electron chi connectivity index (χ2n) is 9.20. The average molecular weight is 555 g/mol. The molecule has 0 aliphatic heterocycles. The van der Waals surface area contributed by atoms with E-state index in [2.05, 4.69) is 16.9 Å². The fourth-order valence-corrected chi connectivity index (χ4v) is 4.47. The van der Waals surface area contributed by atoms with E-state index in [9.17, 15) is 14.4 Å². The molecule has 208 valence electrons. The molecule has 0 atom stereocenters. The fourth-order valence-electron chi connectivity index (χ4n) is 4.19. The summed E-state index contributed by atoms with van der Waals surface area (Å²) in [4.78, 5) is 37.9. The minimum absolute atomic E-state index is 0.00218. The first-order valence-corrected chi connectivity index (χ1v) is 13.6.